The molecule has 4 nitrogen and oxygen atoms in total. The van der Waals surface area contributed by atoms with Crippen molar-refractivity contribution in [1.29, 1.82) is 0 Å². The van der Waals surface area contributed by atoms with Crippen LogP contribution in [0, 0.1) is 17.3 Å². The minimum atomic E-state index is 0.483. The molecule has 0 amide bonds. The second-order valence-corrected chi connectivity index (χ2v) is 8.66. The van der Waals surface area contributed by atoms with Crippen LogP contribution >= 0.6 is 0 Å². The first-order chi connectivity index (χ1) is 10.9. The molecule has 1 aliphatic heterocycles. The summed E-state index contributed by atoms with van der Waals surface area (Å²) in [6.45, 7) is 5.87. The van der Waals surface area contributed by atoms with Gasteiger partial charge in [0.05, 0.1) is 0 Å². The number of likely N-dealkylation sites (tertiary alicyclic amines) is 1. The van der Waals surface area contributed by atoms with Gasteiger partial charge in [0, 0.05) is 26.2 Å². The smallest absolute Gasteiger partial charge is 0.0156 e. The molecular formula is C19H40N4. The second kappa shape index (κ2) is 8.80. The number of rotatable bonds is 2. The Labute approximate surface area is 143 Å². The van der Waals surface area contributed by atoms with E-state index in [0.29, 0.717) is 11.5 Å². The van der Waals surface area contributed by atoms with E-state index in [2.05, 4.69) is 18.9 Å². The van der Waals surface area contributed by atoms with E-state index in [9.17, 15) is 0 Å². The van der Waals surface area contributed by atoms with E-state index in [4.69, 9.17) is 11.6 Å². The fourth-order valence-electron chi connectivity index (χ4n) is 5.04. The molecule has 4 N–H and O–H groups in total. The van der Waals surface area contributed by atoms with Crippen molar-refractivity contribution >= 4 is 0 Å². The van der Waals surface area contributed by atoms with Crippen molar-refractivity contribution in [2.45, 2.75) is 70.8 Å². The quantitative estimate of drug-likeness (QED) is 0.606. The third-order valence-corrected chi connectivity index (χ3v) is 6.60. The molecule has 3 unspecified atom stereocenters. The molecular weight excluding hydrogens is 284 g/mol. The van der Waals surface area contributed by atoms with E-state index >= 15 is 0 Å². The lowest BCUT2D eigenvalue weighted by molar-refractivity contribution is 0.0893. The maximum atomic E-state index is 6.21. The van der Waals surface area contributed by atoms with Crippen LogP contribution in [0.3, 0.4) is 0 Å². The molecule has 136 valence electrons. The maximum absolute atomic E-state index is 6.21. The summed E-state index contributed by atoms with van der Waals surface area (Å²) >= 11 is 0. The predicted molar refractivity (Wildman–Crippen MR) is 98.9 cm³/mol. The van der Waals surface area contributed by atoms with Gasteiger partial charge in [-0.25, -0.2) is 5.01 Å². The highest BCUT2D eigenvalue weighted by atomic mass is 15.4. The Morgan fingerprint density at radius 1 is 1.09 bits per heavy atom. The molecule has 1 heterocycles. The topological polar surface area (TPSA) is 58.5 Å². The van der Waals surface area contributed by atoms with Crippen LogP contribution in [-0.4, -0.2) is 49.7 Å². The van der Waals surface area contributed by atoms with Crippen LogP contribution in [0.4, 0.5) is 0 Å². The molecule has 3 rings (SSSR count). The van der Waals surface area contributed by atoms with Gasteiger partial charge in [0.15, 0.2) is 0 Å². The standard InChI is InChI=1S/C10H20N2.C9H20N2/c1-12-7-4-9(11)10(8-12)5-2-3-6-10;1-8-5-3-4-6-9(8)7-11(2)10/h9H,2-8,11H2,1H3;8-9H,3-7,10H2,1-2H3. The van der Waals surface area contributed by atoms with Crippen LogP contribution in [0.5, 0.6) is 0 Å². The number of nitrogens with two attached hydrogens (primary N) is 2. The average Bonchev–Trinajstić information content (AvgIpc) is 2.95. The van der Waals surface area contributed by atoms with Gasteiger partial charge in [-0.05, 0) is 56.5 Å². The van der Waals surface area contributed by atoms with Crippen LogP contribution in [0.2, 0.25) is 0 Å². The maximum Gasteiger partial charge on any atom is 0.0156 e. The molecule has 3 fully saturated rings. The van der Waals surface area contributed by atoms with E-state index in [0.717, 1.165) is 18.4 Å². The third-order valence-electron chi connectivity index (χ3n) is 6.60. The normalized spacial score (nSPS) is 34.4. The molecule has 23 heavy (non-hydrogen) atoms. The molecule has 3 aliphatic rings. The Morgan fingerprint density at radius 3 is 2.35 bits per heavy atom. The lowest BCUT2D eigenvalue weighted by Gasteiger charge is -2.43. The molecule has 0 bridgehead atoms. The fraction of sp³-hybridized carbons (Fsp3) is 1.00. The molecule has 1 saturated heterocycles. The third kappa shape index (κ3) is 5.42. The van der Waals surface area contributed by atoms with Gasteiger partial charge in [0.2, 0.25) is 0 Å². The van der Waals surface area contributed by atoms with Crippen LogP contribution in [0.25, 0.3) is 0 Å². The Hall–Kier alpha value is -0.160. The highest BCUT2D eigenvalue weighted by Gasteiger charge is 2.42. The van der Waals surface area contributed by atoms with Crippen molar-refractivity contribution < 1.29 is 0 Å². The van der Waals surface area contributed by atoms with E-state index in [1.54, 1.807) is 0 Å². The second-order valence-electron chi connectivity index (χ2n) is 8.66. The molecule has 3 atom stereocenters. The Bertz CT molecular complexity index is 338. The van der Waals surface area contributed by atoms with Gasteiger partial charge in [0.25, 0.3) is 0 Å². The number of nitrogens with zero attached hydrogens (tertiary/aromatic N) is 2. The number of hydrazine groups is 1. The average molecular weight is 325 g/mol. The molecule has 2 saturated carbocycles. The van der Waals surface area contributed by atoms with E-state index in [-0.39, 0.29) is 0 Å². The van der Waals surface area contributed by atoms with E-state index < -0.39 is 0 Å². The van der Waals surface area contributed by atoms with Gasteiger partial charge < -0.3 is 10.6 Å². The Balaban J connectivity index is 0.000000168. The van der Waals surface area contributed by atoms with Crippen LogP contribution < -0.4 is 11.6 Å². The molecule has 0 aromatic rings. The fourth-order valence-corrected chi connectivity index (χ4v) is 5.04. The number of hydrogen-bond donors (Lipinski definition) is 2. The SMILES string of the molecule is CC1CCCCC1CN(C)N.CN1CCC(N)C2(CCCC2)C1. The van der Waals surface area contributed by atoms with Gasteiger partial charge in [-0.2, -0.15) is 0 Å². The van der Waals surface area contributed by atoms with Gasteiger partial charge >= 0.3 is 0 Å². The van der Waals surface area contributed by atoms with Crippen LogP contribution in [0.15, 0.2) is 0 Å². The van der Waals surface area contributed by atoms with Gasteiger partial charge in [-0.3, -0.25) is 5.84 Å². The van der Waals surface area contributed by atoms with Crippen molar-refractivity contribution in [3.05, 3.63) is 0 Å². The summed E-state index contributed by atoms with van der Waals surface area (Å²) < 4.78 is 0. The number of hydrogen-bond acceptors (Lipinski definition) is 4. The lowest BCUT2D eigenvalue weighted by atomic mass is 9.75. The lowest BCUT2D eigenvalue weighted by Crippen LogP contribution is -2.52. The minimum absolute atomic E-state index is 0.483. The minimum Gasteiger partial charge on any atom is -0.327 e. The zero-order valence-corrected chi connectivity index (χ0v) is 15.8. The summed E-state index contributed by atoms with van der Waals surface area (Å²) in [5, 5.41) is 1.83. The van der Waals surface area contributed by atoms with Crippen molar-refractivity contribution in [2.75, 3.05) is 33.7 Å². The largest absolute Gasteiger partial charge is 0.327 e. The highest BCUT2D eigenvalue weighted by molar-refractivity contribution is 4.97. The first-order valence-corrected chi connectivity index (χ1v) is 9.83. The zero-order chi connectivity index (χ0) is 16.9. The molecule has 2 aliphatic carbocycles. The summed E-state index contributed by atoms with van der Waals surface area (Å²) in [4.78, 5) is 2.45. The summed E-state index contributed by atoms with van der Waals surface area (Å²) in [6.07, 6.45) is 12.4. The molecule has 0 aromatic heterocycles. The van der Waals surface area contributed by atoms with E-state index in [1.165, 1.54) is 70.9 Å². The Kier molecular flexibility index (Phi) is 7.33. The Morgan fingerprint density at radius 2 is 1.74 bits per heavy atom. The van der Waals surface area contributed by atoms with Crippen LogP contribution in [-0.2, 0) is 0 Å². The van der Waals surface area contributed by atoms with Crippen molar-refractivity contribution in [1.82, 2.24) is 9.91 Å². The predicted octanol–water partition coefficient (Wildman–Crippen LogP) is 2.83. The molecule has 0 aromatic carbocycles. The van der Waals surface area contributed by atoms with Crippen molar-refractivity contribution in [3.8, 4) is 0 Å². The van der Waals surface area contributed by atoms with Gasteiger partial charge in [0.1, 0.15) is 0 Å². The number of piperidine rings is 1. The highest BCUT2D eigenvalue weighted by Crippen LogP contribution is 2.43. The summed E-state index contributed by atoms with van der Waals surface area (Å²) in [5.74, 6) is 7.35. The van der Waals surface area contributed by atoms with Crippen LogP contribution in [0.1, 0.15) is 64.7 Å². The monoisotopic (exact) mass is 324 g/mol. The van der Waals surface area contributed by atoms with Gasteiger partial charge in [-0.15, -0.1) is 0 Å². The van der Waals surface area contributed by atoms with Gasteiger partial charge in [-0.1, -0.05) is 39.0 Å². The first kappa shape index (κ1) is 19.2. The summed E-state index contributed by atoms with van der Waals surface area (Å²) in [6, 6.07) is 0.483. The summed E-state index contributed by atoms with van der Waals surface area (Å²) in [5.41, 5.74) is 6.72. The zero-order valence-electron chi connectivity index (χ0n) is 15.8. The molecule has 1 spiro atoms. The molecule has 0 radical (unpaired) electrons. The molecule has 4 heteroatoms. The van der Waals surface area contributed by atoms with E-state index in [1.807, 2.05) is 12.1 Å². The van der Waals surface area contributed by atoms with Crippen molar-refractivity contribution in [2.24, 2.45) is 28.8 Å². The summed E-state index contributed by atoms with van der Waals surface area (Å²) in [7, 11) is 4.19. The first-order valence-electron chi connectivity index (χ1n) is 9.83. The van der Waals surface area contributed by atoms with Crippen molar-refractivity contribution in [3.63, 3.8) is 0 Å².